The van der Waals surface area contributed by atoms with E-state index in [4.69, 9.17) is 10.00 Å². The standard InChI is InChI=1S/C14H9FN2O3/c1-9-6-14(11(15)7-12(9)17(18)19)20-13-5-3-2-4-10(13)8-16/h2-7H,1H3. The average molecular weight is 272 g/mol. The van der Waals surface area contributed by atoms with Gasteiger partial charge in [0.25, 0.3) is 5.69 Å². The van der Waals surface area contributed by atoms with Crippen LogP contribution in [-0.2, 0) is 0 Å². The Kier molecular flexibility index (Phi) is 3.62. The fourth-order valence-electron chi connectivity index (χ4n) is 1.69. The van der Waals surface area contributed by atoms with E-state index in [2.05, 4.69) is 0 Å². The number of nitrogens with zero attached hydrogens (tertiary/aromatic N) is 2. The van der Waals surface area contributed by atoms with Gasteiger partial charge in [0, 0.05) is 5.56 Å². The first kappa shape index (κ1) is 13.5. The molecule has 0 amide bonds. The number of halogens is 1. The van der Waals surface area contributed by atoms with E-state index in [0.29, 0.717) is 0 Å². The Balaban J connectivity index is 2.43. The minimum absolute atomic E-state index is 0.157. The molecule has 0 fully saturated rings. The van der Waals surface area contributed by atoms with Crippen LogP contribution in [0.1, 0.15) is 11.1 Å². The summed E-state index contributed by atoms with van der Waals surface area (Å²) in [5.74, 6) is -0.812. The van der Waals surface area contributed by atoms with Gasteiger partial charge in [-0.2, -0.15) is 5.26 Å². The second-order valence-corrected chi connectivity index (χ2v) is 4.04. The predicted molar refractivity (Wildman–Crippen MR) is 69.0 cm³/mol. The molecule has 0 heterocycles. The zero-order valence-corrected chi connectivity index (χ0v) is 10.5. The maximum absolute atomic E-state index is 13.8. The van der Waals surface area contributed by atoms with Crippen LogP contribution in [0.4, 0.5) is 10.1 Å². The van der Waals surface area contributed by atoms with Crippen molar-refractivity contribution in [3.05, 3.63) is 63.5 Å². The van der Waals surface area contributed by atoms with Crippen LogP contribution in [0.5, 0.6) is 11.5 Å². The van der Waals surface area contributed by atoms with Crippen LogP contribution >= 0.6 is 0 Å². The van der Waals surface area contributed by atoms with Crippen molar-refractivity contribution in [3.8, 4) is 17.6 Å². The van der Waals surface area contributed by atoms with Crippen molar-refractivity contribution >= 4 is 5.69 Å². The quantitative estimate of drug-likeness (QED) is 0.630. The van der Waals surface area contributed by atoms with Gasteiger partial charge in [0.05, 0.1) is 16.6 Å². The molecule has 0 bridgehead atoms. The van der Waals surface area contributed by atoms with Gasteiger partial charge in [0.1, 0.15) is 11.8 Å². The van der Waals surface area contributed by atoms with Gasteiger partial charge in [-0.25, -0.2) is 4.39 Å². The molecule has 2 aromatic carbocycles. The van der Waals surface area contributed by atoms with Crippen molar-refractivity contribution in [1.29, 1.82) is 5.26 Å². The second kappa shape index (κ2) is 5.36. The first-order valence-corrected chi connectivity index (χ1v) is 5.64. The molecule has 5 nitrogen and oxygen atoms in total. The molecule has 0 unspecified atom stereocenters. The summed E-state index contributed by atoms with van der Waals surface area (Å²) in [6.07, 6.45) is 0. The molecule has 0 saturated heterocycles. The molecule has 100 valence electrons. The van der Waals surface area contributed by atoms with E-state index in [1.165, 1.54) is 25.1 Å². The Morgan fingerprint density at radius 2 is 2.00 bits per heavy atom. The second-order valence-electron chi connectivity index (χ2n) is 4.04. The van der Waals surface area contributed by atoms with E-state index in [1.807, 2.05) is 6.07 Å². The number of nitro benzene ring substituents is 1. The fourth-order valence-corrected chi connectivity index (χ4v) is 1.69. The number of nitro groups is 1. The summed E-state index contributed by atoms with van der Waals surface area (Å²) < 4.78 is 19.1. The van der Waals surface area contributed by atoms with Crippen molar-refractivity contribution in [2.24, 2.45) is 0 Å². The zero-order valence-electron chi connectivity index (χ0n) is 10.5. The largest absolute Gasteiger partial charge is 0.453 e. The van der Waals surface area contributed by atoms with Gasteiger partial charge in [-0.1, -0.05) is 12.1 Å². The van der Waals surface area contributed by atoms with E-state index in [9.17, 15) is 14.5 Å². The van der Waals surface area contributed by atoms with Gasteiger partial charge >= 0.3 is 0 Å². The Labute approximate surface area is 114 Å². The highest BCUT2D eigenvalue weighted by molar-refractivity contribution is 5.49. The summed E-state index contributed by atoms with van der Waals surface area (Å²) in [5.41, 5.74) is 0.215. The van der Waals surface area contributed by atoms with E-state index < -0.39 is 10.7 Å². The van der Waals surface area contributed by atoms with Crippen molar-refractivity contribution in [2.45, 2.75) is 6.92 Å². The summed E-state index contributed by atoms with van der Waals surface area (Å²) in [6.45, 7) is 1.49. The lowest BCUT2D eigenvalue weighted by Crippen LogP contribution is -1.96. The van der Waals surface area contributed by atoms with Gasteiger partial charge in [-0.3, -0.25) is 10.1 Å². The van der Waals surface area contributed by atoms with Gasteiger partial charge < -0.3 is 4.74 Å². The number of hydrogen-bond acceptors (Lipinski definition) is 4. The van der Waals surface area contributed by atoms with Crippen molar-refractivity contribution < 1.29 is 14.1 Å². The molecule has 0 aliphatic carbocycles. The average Bonchev–Trinajstić information content (AvgIpc) is 2.42. The third-order valence-corrected chi connectivity index (χ3v) is 2.67. The predicted octanol–water partition coefficient (Wildman–Crippen LogP) is 3.71. The van der Waals surface area contributed by atoms with Gasteiger partial charge in [-0.15, -0.1) is 0 Å². The number of rotatable bonds is 3. The number of aryl methyl sites for hydroxylation is 1. The van der Waals surface area contributed by atoms with Crippen LogP contribution in [0.25, 0.3) is 0 Å². The van der Waals surface area contributed by atoms with Crippen molar-refractivity contribution in [1.82, 2.24) is 0 Å². The normalized spacial score (nSPS) is 9.85. The highest BCUT2D eigenvalue weighted by Gasteiger charge is 2.17. The minimum Gasteiger partial charge on any atom is -0.453 e. The first-order chi connectivity index (χ1) is 9.52. The van der Waals surface area contributed by atoms with Gasteiger partial charge in [0.15, 0.2) is 11.6 Å². The summed E-state index contributed by atoms with van der Waals surface area (Å²) in [5, 5.41) is 19.6. The molecule has 0 N–H and O–H groups in total. The number of hydrogen-bond donors (Lipinski definition) is 0. The van der Waals surface area contributed by atoms with Crippen LogP contribution < -0.4 is 4.74 Å². The van der Waals surface area contributed by atoms with Crippen molar-refractivity contribution in [2.75, 3.05) is 0 Å². The van der Waals surface area contributed by atoms with E-state index in [0.717, 1.165) is 6.07 Å². The minimum atomic E-state index is -0.852. The van der Waals surface area contributed by atoms with E-state index in [1.54, 1.807) is 12.1 Å². The monoisotopic (exact) mass is 272 g/mol. The molecular weight excluding hydrogens is 263 g/mol. The maximum Gasteiger partial charge on any atom is 0.275 e. The summed E-state index contributed by atoms with van der Waals surface area (Å²) in [4.78, 5) is 10.0. The highest BCUT2D eigenvalue weighted by Crippen LogP contribution is 2.31. The number of ether oxygens (including phenoxy) is 1. The lowest BCUT2D eigenvalue weighted by Gasteiger charge is -2.09. The lowest BCUT2D eigenvalue weighted by atomic mass is 10.2. The molecule has 20 heavy (non-hydrogen) atoms. The van der Waals surface area contributed by atoms with E-state index >= 15 is 0 Å². The van der Waals surface area contributed by atoms with Crippen LogP contribution in [0.15, 0.2) is 36.4 Å². The first-order valence-electron chi connectivity index (χ1n) is 5.64. The molecule has 0 aliphatic heterocycles. The molecule has 0 aliphatic rings. The Hall–Kier alpha value is -2.94. The van der Waals surface area contributed by atoms with Crippen LogP contribution in [0.2, 0.25) is 0 Å². The summed E-state index contributed by atoms with van der Waals surface area (Å²) >= 11 is 0. The van der Waals surface area contributed by atoms with Gasteiger partial charge in [-0.05, 0) is 25.1 Å². The lowest BCUT2D eigenvalue weighted by molar-refractivity contribution is -0.385. The molecular formula is C14H9FN2O3. The fraction of sp³-hybridized carbons (Fsp3) is 0.0714. The molecule has 0 saturated carbocycles. The molecule has 6 heteroatoms. The Bertz CT molecular complexity index is 723. The maximum atomic E-state index is 13.8. The number of nitriles is 1. The topological polar surface area (TPSA) is 76.2 Å². The number of benzene rings is 2. The van der Waals surface area contributed by atoms with E-state index in [-0.39, 0.29) is 28.3 Å². The Morgan fingerprint density at radius 3 is 2.65 bits per heavy atom. The Morgan fingerprint density at radius 1 is 1.30 bits per heavy atom. The third kappa shape index (κ3) is 2.57. The third-order valence-electron chi connectivity index (χ3n) is 2.67. The van der Waals surface area contributed by atoms with Gasteiger partial charge in [0.2, 0.25) is 0 Å². The summed E-state index contributed by atoms with van der Waals surface area (Å²) in [6, 6.07) is 10.3. The number of para-hydroxylation sites is 1. The molecule has 2 rings (SSSR count). The van der Waals surface area contributed by atoms with Crippen LogP contribution in [-0.4, -0.2) is 4.92 Å². The molecule has 0 aromatic heterocycles. The molecule has 2 aromatic rings. The molecule has 0 spiro atoms. The molecule has 0 atom stereocenters. The molecule has 0 radical (unpaired) electrons. The highest BCUT2D eigenvalue weighted by atomic mass is 19.1. The zero-order chi connectivity index (χ0) is 14.7. The SMILES string of the molecule is Cc1cc(Oc2ccccc2C#N)c(F)cc1[N+](=O)[O-]. The summed E-state index contributed by atoms with van der Waals surface area (Å²) in [7, 11) is 0. The smallest absolute Gasteiger partial charge is 0.275 e. The van der Waals surface area contributed by atoms with Crippen LogP contribution in [0, 0.1) is 34.2 Å². The van der Waals surface area contributed by atoms with Crippen molar-refractivity contribution in [3.63, 3.8) is 0 Å². The van der Waals surface area contributed by atoms with Crippen LogP contribution in [0.3, 0.4) is 0 Å².